The van der Waals surface area contributed by atoms with Crippen LogP contribution in [0.1, 0.15) is 70.2 Å². The zero-order valence-electron chi connectivity index (χ0n) is 38.4. The van der Waals surface area contributed by atoms with Gasteiger partial charge in [-0.15, -0.1) is 17.5 Å². The summed E-state index contributed by atoms with van der Waals surface area (Å²) in [6.45, 7) is 22.4. The zero-order chi connectivity index (χ0) is 45.2. The quantitative estimate of drug-likeness (QED) is 0.0803. The summed E-state index contributed by atoms with van der Waals surface area (Å²) in [7, 11) is 0. The van der Waals surface area contributed by atoms with E-state index in [9.17, 15) is 0 Å². The lowest BCUT2D eigenvalue weighted by atomic mass is 9.84. The van der Waals surface area contributed by atoms with Crippen molar-refractivity contribution in [2.45, 2.75) is 58.4 Å². The molecule has 0 amide bonds. The number of fused-ring (bicyclic) bond motifs is 1. The molecule has 3 aliphatic rings. The van der Waals surface area contributed by atoms with Crippen molar-refractivity contribution in [1.29, 1.82) is 0 Å². The standard InChI is InChI=1S/C60H59N3S/c1-10-12-22-43(3)47(7)63(58-42-50(26-21-25-46(58)6)54-27-16-17-29-59(54)64-9)60(8)34-32-48(33-35-60)49-30-31-57-55(41-49)45(5)24-15-14-20-37-62(57)53-39-51(44(4)23-13-11-2)38-52(40-53)56-28-18-19-36-61-56/h10-20,22-34,36,38-42H,1,5,35,37H2,2-4,6-9H3/b13-11-,20-14-,22-12-,24-15-,44-23+,47-43+. The highest BCUT2D eigenvalue weighted by Gasteiger charge is 2.34. The first-order valence-corrected chi connectivity index (χ1v) is 23.2. The maximum absolute atomic E-state index is 4.75. The smallest absolute Gasteiger partial charge is 0.0702 e. The van der Waals surface area contributed by atoms with E-state index in [1.54, 1.807) is 11.8 Å². The Labute approximate surface area is 386 Å². The van der Waals surface area contributed by atoms with Gasteiger partial charge in [0.25, 0.3) is 0 Å². The van der Waals surface area contributed by atoms with E-state index in [2.05, 4.69) is 221 Å². The molecule has 1 unspecified atom stereocenters. The normalized spacial score (nSPS) is 19.1. The Morgan fingerprint density at radius 1 is 0.906 bits per heavy atom. The first kappa shape index (κ1) is 45.2. The first-order valence-electron chi connectivity index (χ1n) is 22.0. The van der Waals surface area contributed by atoms with E-state index >= 15 is 0 Å². The molecule has 0 fully saturated rings. The van der Waals surface area contributed by atoms with E-state index in [-0.39, 0.29) is 5.54 Å². The molecule has 2 heterocycles. The molecule has 3 nitrogen and oxygen atoms in total. The van der Waals surface area contributed by atoms with Gasteiger partial charge in [-0.1, -0.05) is 122 Å². The summed E-state index contributed by atoms with van der Waals surface area (Å²) in [6.07, 6.45) is 39.4. The minimum atomic E-state index is -0.377. The van der Waals surface area contributed by atoms with Gasteiger partial charge in [-0.2, -0.15) is 0 Å². The molecule has 64 heavy (non-hydrogen) atoms. The number of hydrogen-bond donors (Lipinski definition) is 0. The average Bonchev–Trinajstić information content (AvgIpc) is 3.46. The van der Waals surface area contributed by atoms with Crippen LogP contribution in [-0.4, -0.2) is 28.2 Å². The van der Waals surface area contributed by atoms with Crippen LogP contribution in [0.2, 0.25) is 0 Å². The predicted octanol–water partition coefficient (Wildman–Crippen LogP) is 16.2. The van der Waals surface area contributed by atoms with Crippen molar-refractivity contribution in [3.05, 3.63) is 246 Å². The fraction of sp³-hybridized carbons (Fsp3) is 0.167. The Balaban J connectivity index is 1.30. The Hall–Kier alpha value is -6.84. The Morgan fingerprint density at radius 2 is 1.73 bits per heavy atom. The number of rotatable bonds is 12. The van der Waals surface area contributed by atoms with Crippen molar-refractivity contribution >= 4 is 45.4 Å². The number of benzene rings is 3. The Bertz CT molecular complexity index is 2840. The second-order valence-electron chi connectivity index (χ2n) is 16.6. The molecule has 2 aliphatic carbocycles. The first-order chi connectivity index (χ1) is 31.0. The number of pyridine rings is 1. The molecule has 4 heteroatoms. The van der Waals surface area contributed by atoms with E-state index in [0.717, 1.165) is 68.2 Å². The summed E-state index contributed by atoms with van der Waals surface area (Å²) in [6, 6.07) is 28.4. The maximum atomic E-state index is 4.75. The summed E-state index contributed by atoms with van der Waals surface area (Å²) in [5, 5.41) is 0. The summed E-state index contributed by atoms with van der Waals surface area (Å²) in [5.41, 5.74) is 21.1. The van der Waals surface area contributed by atoms with Gasteiger partial charge < -0.3 is 9.80 Å². The summed E-state index contributed by atoms with van der Waals surface area (Å²) < 4.78 is 0. The van der Waals surface area contributed by atoms with Crippen molar-refractivity contribution in [2.75, 3.05) is 17.7 Å². The van der Waals surface area contributed by atoms with Crippen molar-refractivity contribution in [2.24, 2.45) is 0 Å². The third-order valence-electron chi connectivity index (χ3n) is 12.1. The molecule has 1 atom stereocenters. The van der Waals surface area contributed by atoms with Gasteiger partial charge in [-0.05, 0) is 171 Å². The largest absolute Gasteiger partial charge is 0.337 e. The maximum Gasteiger partial charge on any atom is 0.0702 e. The minimum absolute atomic E-state index is 0.377. The Morgan fingerprint density at radius 3 is 2.48 bits per heavy atom. The van der Waals surface area contributed by atoms with E-state index in [1.165, 1.54) is 32.9 Å². The van der Waals surface area contributed by atoms with Crippen LogP contribution in [0.4, 0.5) is 11.4 Å². The minimum Gasteiger partial charge on any atom is -0.337 e. The van der Waals surface area contributed by atoms with Gasteiger partial charge >= 0.3 is 0 Å². The van der Waals surface area contributed by atoms with Crippen LogP contribution < -0.4 is 4.90 Å². The number of thioether (sulfide) groups is 1. The number of aromatic nitrogens is 1. The molecule has 0 saturated carbocycles. The fourth-order valence-corrected chi connectivity index (χ4v) is 9.05. The van der Waals surface area contributed by atoms with Crippen LogP contribution in [0.5, 0.6) is 0 Å². The monoisotopic (exact) mass is 853 g/mol. The molecule has 1 aliphatic heterocycles. The average molecular weight is 854 g/mol. The van der Waals surface area contributed by atoms with Gasteiger partial charge in [-0.3, -0.25) is 4.98 Å². The lowest BCUT2D eigenvalue weighted by Crippen LogP contribution is -2.44. The molecule has 320 valence electrons. The van der Waals surface area contributed by atoms with Crippen LogP contribution in [0.15, 0.2) is 229 Å². The SMILES string of the molecule is C=C/C=C\C(C)=C(/C)N(C1=C(C)C=C=CC(c2ccccc2SC)=C1)C1(C)C=CC(c2ccc3c(c2)C(=C)/C=C\C=C/CN3c2cc(/C(C)=C/C=C\C)cc(-c3ccccn3)c2)=CC1. The second-order valence-corrected chi connectivity index (χ2v) is 17.4. The molecule has 0 bridgehead atoms. The third-order valence-corrected chi connectivity index (χ3v) is 12.9. The summed E-state index contributed by atoms with van der Waals surface area (Å²) in [5.74, 6) is 0. The highest BCUT2D eigenvalue weighted by atomic mass is 32.2. The van der Waals surface area contributed by atoms with Crippen LogP contribution in [0.3, 0.4) is 0 Å². The summed E-state index contributed by atoms with van der Waals surface area (Å²) in [4.78, 5) is 10.9. The van der Waals surface area contributed by atoms with Gasteiger partial charge in [-0.25, -0.2) is 0 Å². The summed E-state index contributed by atoms with van der Waals surface area (Å²) >= 11 is 1.77. The molecule has 0 saturated heterocycles. The lowest BCUT2D eigenvalue weighted by Gasteiger charge is -2.44. The highest BCUT2D eigenvalue weighted by Crippen LogP contribution is 2.43. The Kier molecular flexibility index (Phi) is 14.5. The molecular formula is C60H59N3S. The molecule has 7 rings (SSSR count). The van der Waals surface area contributed by atoms with Crippen LogP contribution in [0, 0.1) is 0 Å². The van der Waals surface area contributed by atoms with Gasteiger partial charge in [0.1, 0.15) is 0 Å². The molecular weight excluding hydrogens is 795 g/mol. The predicted molar refractivity (Wildman–Crippen MR) is 280 cm³/mol. The van der Waals surface area contributed by atoms with Crippen LogP contribution in [-0.2, 0) is 0 Å². The van der Waals surface area contributed by atoms with E-state index in [4.69, 9.17) is 4.98 Å². The number of anilines is 2. The van der Waals surface area contributed by atoms with Crippen molar-refractivity contribution in [3.63, 3.8) is 0 Å². The zero-order valence-corrected chi connectivity index (χ0v) is 39.2. The number of allylic oxidation sites excluding steroid dienone is 19. The second kappa shape index (κ2) is 20.6. The van der Waals surface area contributed by atoms with Gasteiger partial charge in [0.15, 0.2) is 0 Å². The molecule has 1 aromatic heterocycles. The molecule has 0 spiro atoms. The van der Waals surface area contributed by atoms with E-state index < -0.39 is 0 Å². The van der Waals surface area contributed by atoms with Crippen LogP contribution in [0.25, 0.3) is 33.5 Å². The number of hydrogen-bond acceptors (Lipinski definition) is 4. The van der Waals surface area contributed by atoms with Crippen LogP contribution >= 0.6 is 11.8 Å². The third kappa shape index (κ3) is 10.0. The fourth-order valence-electron chi connectivity index (χ4n) is 8.43. The van der Waals surface area contributed by atoms with Crippen molar-refractivity contribution < 1.29 is 0 Å². The molecule has 4 aromatic rings. The highest BCUT2D eigenvalue weighted by molar-refractivity contribution is 7.98. The van der Waals surface area contributed by atoms with Gasteiger partial charge in [0, 0.05) is 51.5 Å². The van der Waals surface area contributed by atoms with E-state index in [1.807, 2.05) is 37.4 Å². The van der Waals surface area contributed by atoms with Gasteiger partial charge in [0.2, 0.25) is 0 Å². The molecule has 0 radical (unpaired) electrons. The lowest BCUT2D eigenvalue weighted by molar-refractivity contribution is 0.253. The topological polar surface area (TPSA) is 19.4 Å². The van der Waals surface area contributed by atoms with E-state index in [0.29, 0.717) is 6.54 Å². The number of nitrogens with zero attached hydrogens (tertiary/aromatic N) is 3. The van der Waals surface area contributed by atoms with Crippen molar-refractivity contribution in [1.82, 2.24) is 9.88 Å². The van der Waals surface area contributed by atoms with Gasteiger partial charge in [0.05, 0.1) is 11.2 Å². The van der Waals surface area contributed by atoms with Crippen molar-refractivity contribution in [3.8, 4) is 11.3 Å². The molecule has 3 aromatic carbocycles. The molecule has 0 N–H and O–H groups in total.